The number of nitrogens with zero attached hydrogens (tertiary/aromatic N) is 3. The van der Waals surface area contributed by atoms with Crippen molar-refractivity contribution in [3.63, 3.8) is 0 Å². The van der Waals surface area contributed by atoms with Crippen LogP contribution in [0.1, 0.15) is 71.1 Å². The van der Waals surface area contributed by atoms with Crippen LogP contribution in [0.2, 0.25) is 0 Å². The number of esters is 1. The summed E-state index contributed by atoms with van der Waals surface area (Å²) in [5.74, 6) is -0.758. The van der Waals surface area contributed by atoms with Crippen molar-refractivity contribution in [3.05, 3.63) is 57.9 Å². The van der Waals surface area contributed by atoms with E-state index in [0.717, 1.165) is 29.3 Å². The van der Waals surface area contributed by atoms with Gasteiger partial charge in [-0.15, -0.1) is 11.3 Å². The highest BCUT2D eigenvalue weighted by atomic mass is 32.1. The number of anilines is 1. The first-order chi connectivity index (χ1) is 18.4. The molecule has 0 unspecified atom stereocenters. The molecule has 12 heteroatoms. The molecule has 4 aromatic rings. The van der Waals surface area contributed by atoms with E-state index in [-0.39, 0.29) is 34.8 Å². The number of carbonyl (C=O) groups is 2. The molecule has 1 aliphatic rings. The number of aromatic nitrogens is 3. The normalized spacial score (nSPS) is 15.8. The number of nitrogens with one attached hydrogen (secondary N) is 1. The van der Waals surface area contributed by atoms with Gasteiger partial charge in [-0.25, -0.2) is 14.3 Å². The van der Waals surface area contributed by atoms with Crippen LogP contribution in [0.3, 0.4) is 0 Å². The van der Waals surface area contributed by atoms with Crippen molar-refractivity contribution in [2.24, 2.45) is 11.3 Å². The molecule has 1 aliphatic carbocycles. The van der Waals surface area contributed by atoms with E-state index in [2.05, 4.69) is 36.2 Å². The van der Waals surface area contributed by atoms with Crippen molar-refractivity contribution in [2.45, 2.75) is 53.1 Å². The van der Waals surface area contributed by atoms with Crippen LogP contribution in [0.15, 0.2) is 34.9 Å². The molecule has 1 amide bonds. The quantitative estimate of drug-likeness (QED) is 0.275. The van der Waals surface area contributed by atoms with Gasteiger partial charge in [0.1, 0.15) is 10.7 Å². The Morgan fingerprint density at radius 2 is 2.03 bits per heavy atom. The molecule has 0 bridgehead atoms. The molecule has 0 aromatic carbocycles. The molecule has 0 fully saturated rings. The molecule has 0 aliphatic heterocycles. The molecule has 0 radical (unpaired) electrons. The minimum absolute atomic E-state index is 0.0457. The minimum Gasteiger partial charge on any atom is -0.463 e. The van der Waals surface area contributed by atoms with Gasteiger partial charge in [0.05, 0.1) is 18.4 Å². The smallest absolute Gasteiger partial charge is 0.433 e. The third-order valence-electron chi connectivity index (χ3n) is 6.92. The molecule has 5 rings (SSSR count). The van der Waals surface area contributed by atoms with Crippen LogP contribution in [0, 0.1) is 11.3 Å². The summed E-state index contributed by atoms with van der Waals surface area (Å²) in [5.41, 5.74) is -0.378. The van der Waals surface area contributed by atoms with Crippen LogP contribution in [-0.4, -0.2) is 33.1 Å². The standard InChI is InChI=1S/C27H27F3N4O4S/c1-5-37-25(36)22-15-9-8-14(26(2,3)4)11-19(15)39-24(22)32-23(35)17-13-21-31-16(18-7-6-10-38-18)12-20(27(28,29)30)34(21)33-17/h6-7,10,12-14H,5,8-9,11H2,1-4H3,(H,32,35)/t14-/m0/s1. The monoisotopic (exact) mass is 560 g/mol. The van der Waals surface area contributed by atoms with Gasteiger partial charge in [-0.2, -0.15) is 18.3 Å². The zero-order chi connectivity index (χ0) is 28.1. The molecule has 4 heterocycles. The van der Waals surface area contributed by atoms with Crippen LogP contribution < -0.4 is 5.32 Å². The number of alkyl halides is 3. The van der Waals surface area contributed by atoms with E-state index < -0.39 is 23.7 Å². The lowest BCUT2D eigenvalue weighted by Gasteiger charge is -2.33. The van der Waals surface area contributed by atoms with Crippen LogP contribution in [0.5, 0.6) is 0 Å². The number of amides is 1. The third-order valence-corrected chi connectivity index (χ3v) is 8.09. The second-order valence-corrected chi connectivity index (χ2v) is 11.6. The second kappa shape index (κ2) is 9.82. The molecular formula is C27H27F3N4O4S. The molecule has 4 aromatic heterocycles. The van der Waals surface area contributed by atoms with Gasteiger partial charge in [0, 0.05) is 10.9 Å². The molecule has 206 valence electrons. The number of hydrogen-bond donors (Lipinski definition) is 1. The van der Waals surface area contributed by atoms with Crippen molar-refractivity contribution in [3.8, 4) is 11.5 Å². The molecule has 0 saturated carbocycles. The van der Waals surface area contributed by atoms with Crippen LogP contribution in [0.4, 0.5) is 18.2 Å². The maximum atomic E-state index is 13.9. The average Bonchev–Trinajstić information content (AvgIpc) is 3.59. The lowest BCUT2D eigenvalue weighted by molar-refractivity contribution is -0.142. The molecule has 8 nitrogen and oxygen atoms in total. The number of rotatable bonds is 5. The third kappa shape index (κ3) is 5.17. The molecule has 0 saturated heterocycles. The first-order valence-electron chi connectivity index (χ1n) is 12.5. The van der Waals surface area contributed by atoms with E-state index in [9.17, 15) is 22.8 Å². The Morgan fingerprint density at radius 3 is 2.67 bits per heavy atom. The Hall–Kier alpha value is -3.67. The molecular weight excluding hydrogens is 533 g/mol. The molecule has 39 heavy (non-hydrogen) atoms. The molecule has 0 spiro atoms. The van der Waals surface area contributed by atoms with Gasteiger partial charge in [-0.1, -0.05) is 20.8 Å². The summed E-state index contributed by atoms with van der Waals surface area (Å²) in [6.07, 6.45) is -1.12. The highest BCUT2D eigenvalue weighted by molar-refractivity contribution is 7.17. The van der Waals surface area contributed by atoms with E-state index in [1.165, 1.54) is 35.8 Å². The Labute approximate surface area is 226 Å². The number of halogens is 3. The van der Waals surface area contributed by atoms with E-state index >= 15 is 0 Å². The van der Waals surface area contributed by atoms with Crippen molar-refractivity contribution in [2.75, 3.05) is 11.9 Å². The SMILES string of the molecule is CCOC(=O)c1c(NC(=O)c2cc3nc(-c4ccco4)cc(C(F)(F)F)n3n2)sc2c1CC[C@H](C(C)(C)C)C2. The summed E-state index contributed by atoms with van der Waals surface area (Å²) in [5, 5.41) is 6.93. The fourth-order valence-corrected chi connectivity index (χ4v) is 6.15. The Morgan fingerprint density at radius 1 is 1.26 bits per heavy atom. The summed E-state index contributed by atoms with van der Waals surface area (Å²) >= 11 is 1.30. The molecule has 1 N–H and O–H groups in total. The van der Waals surface area contributed by atoms with E-state index in [1.807, 2.05) is 0 Å². The zero-order valence-electron chi connectivity index (χ0n) is 21.8. The lowest BCUT2D eigenvalue weighted by atomic mass is 9.72. The summed E-state index contributed by atoms with van der Waals surface area (Å²) in [7, 11) is 0. The van der Waals surface area contributed by atoms with Crippen molar-refractivity contribution in [1.29, 1.82) is 0 Å². The van der Waals surface area contributed by atoms with Crippen LogP contribution >= 0.6 is 11.3 Å². The topological polar surface area (TPSA) is 98.7 Å². The van der Waals surface area contributed by atoms with E-state index in [4.69, 9.17) is 9.15 Å². The lowest BCUT2D eigenvalue weighted by Crippen LogP contribution is -2.26. The largest absolute Gasteiger partial charge is 0.463 e. The highest BCUT2D eigenvalue weighted by Crippen LogP contribution is 2.44. The summed E-state index contributed by atoms with van der Waals surface area (Å²) in [4.78, 5) is 31.4. The number of thiophene rings is 1. The van der Waals surface area contributed by atoms with Crippen molar-refractivity contribution >= 4 is 33.9 Å². The van der Waals surface area contributed by atoms with Gasteiger partial charge >= 0.3 is 12.1 Å². The maximum Gasteiger partial charge on any atom is 0.433 e. The molecule has 1 atom stereocenters. The average molecular weight is 561 g/mol. The highest BCUT2D eigenvalue weighted by Gasteiger charge is 2.37. The number of fused-ring (bicyclic) bond motifs is 2. The van der Waals surface area contributed by atoms with Gasteiger partial charge in [0.2, 0.25) is 0 Å². The van der Waals surface area contributed by atoms with E-state index in [0.29, 0.717) is 27.4 Å². The predicted octanol–water partition coefficient (Wildman–Crippen LogP) is 6.65. The number of furan rings is 1. The number of hydrogen-bond acceptors (Lipinski definition) is 7. The second-order valence-electron chi connectivity index (χ2n) is 10.5. The predicted molar refractivity (Wildman–Crippen MR) is 139 cm³/mol. The Bertz CT molecular complexity index is 1550. The van der Waals surface area contributed by atoms with Gasteiger partial charge in [-0.05, 0) is 61.3 Å². The Balaban J connectivity index is 1.52. The first-order valence-corrected chi connectivity index (χ1v) is 13.3. The van der Waals surface area contributed by atoms with Gasteiger partial charge in [0.15, 0.2) is 22.8 Å². The fourth-order valence-electron chi connectivity index (χ4n) is 4.84. The zero-order valence-corrected chi connectivity index (χ0v) is 22.6. The van der Waals surface area contributed by atoms with Gasteiger partial charge in [-0.3, -0.25) is 4.79 Å². The summed E-state index contributed by atoms with van der Waals surface area (Å²) in [6.45, 7) is 8.39. The minimum atomic E-state index is -4.77. The summed E-state index contributed by atoms with van der Waals surface area (Å²) < 4.78 is 52.7. The van der Waals surface area contributed by atoms with Gasteiger partial charge in [0.25, 0.3) is 5.91 Å². The number of ether oxygens (including phenoxy) is 1. The first kappa shape index (κ1) is 26.9. The van der Waals surface area contributed by atoms with Crippen molar-refractivity contribution < 1.29 is 31.9 Å². The van der Waals surface area contributed by atoms with E-state index in [1.54, 1.807) is 6.92 Å². The van der Waals surface area contributed by atoms with Crippen LogP contribution in [-0.2, 0) is 23.8 Å². The Kier molecular flexibility index (Phi) is 6.78. The maximum absolute atomic E-state index is 13.9. The van der Waals surface area contributed by atoms with Crippen molar-refractivity contribution in [1.82, 2.24) is 14.6 Å². The van der Waals surface area contributed by atoms with Gasteiger partial charge < -0.3 is 14.5 Å². The number of carbonyl (C=O) groups excluding carboxylic acids is 2. The summed E-state index contributed by atoms with van der Waals surface area (Å²) in [6, 6.07) is 5.01. The van der Waals surface area contributed by atoms with Crippen LogP contribution in [0.25, 0.3) is 17.1 Å². The fraction of sp³-hybridized carbons (Fsp3) is 0.407.